The minimum atomic E-state index is -1.24. The number of aromatic nitrogens is 1. The predicted molar refractivity (Wildman–Crippen MR) is 63.0 cm³/mol. The number of carbonyl (C=O) groups excluding carboxylic acids is 1. The number of aromatic carboxylic acids is 1. The van der Waals surface area contributed by atoms with E-state index >= 15 is 0 Å². The Kier molecular flexibility index (Phi) is 2.93. The van der Waals surface area contributed by atoms with Crippen molar-refractivity contribution in [3.8, 4) is 5.75 Å². The molecule has 0 saturated heterocycles. The summed E-state index contributed by atoms with van der Waals surface area (Å²) in [5.74, 6) is -1.24. The summed E-state index contributed by atoms with van der Waals surface area (Å²) in [4.78, 5) is 22.8. The Bertz CT molecular complexity index is 629. The number of carboxylic acid groups (broad SMARTS) is 1. The molecule has 2 aromatic rings. The van der Waals surface area contributed by atoms with Gasteiger partial charge in [0.05, 0.1) is 12.1 Å². The lowest BCUT2D eigenvalue weighted by Crippen LogP contribution is -2.18. The fraction of sp³-hybridized carbons (Fsp3) is 0.167. The summed E-state index contributed by atoms with van der Waals surface area (Å²) >= 11 is 0. The summed E-state index contributed by atoms with van der Waals surface area (Å²) in [5, 5.41) is 18.9. The summed E-state index contributed by atoms with van der Waals surface area (Å²) < 4.78 is 5.79. The maximum absolute atomic E-state index is 11.7. The minimum Gasteiger partial charge on any atom is -0.508 e. The Balaban J connectivity index is 2.70. The van der Waals surface area contributed by atoms with Gasteiger partial charge in [-0.3, -0.25) is 0 Å². The third-order valence-corrected chi connectivity index (χ3v) is 2.45. The van der Waals surface area contributed by atoms with Crippen molar-refractivity contribution in [3.63, 3.8) is 0 Å². The van der Waals surface area contributed by atoms with Gasteiger partial charge in [0.25, 0.3) is 0 Å². The lowest BCUT2D eigenvalue weighted by Gasteiger charge is -2.06. The van der Waals surface area contributed by atoms with Gasteiger partial charge in [-0.2, -0.15) is 0 Å². The highest BCUT2D eigenvalue weighted by Gasteiger charge is 2.20. The molecule has 18 heavy (non-hydrogen) atoms. The van der Waals surface area contributed by atoms with Gasteiger partial charge in [0.2, 0.25) is 0 Å². The molecule has 0 amide bonds. The van der Waals surface area contributed by atoms with Gasteiger partial charge in [-0.05, 0) is 31.2 Å². The predicted octanol–water partition coefficient (Wildman–Crippen LogP) is 2.05. The summed E-state index contributed by atoms with van der Waals surface area (Å²) in [6.07, 6.45) is -0.754. The molecule has 0 aliphatic heterocycles. The van der Waals surface area contributed by atoms with Crippen molar-refractivity contribution >= 4 is 23.0 Å². The summed E-state index contributed by atoms with van der Waals surface area (Å²) in [6.45, 7) is 1.78. The third kappa shape index (κ3) is 1.88. The number of nitrogens with zero attached hydrogens (tertiary/aromatic N) is 1. The van der Waals surface area contributed by atoms with Gasteiger partial charge in [0.15, 0.2) is 0 Å². The molecule has 0 aliphatic carbocycles. The molecule has 2 rings (SSSR count). The Morgan fingerprint density at radius 2 is 2.06 bits per heavy atom. The molecule has 1 aromatic carbocycles. The summed E-state index contributed by atoms with van der Waals surface area (Å²) in [5.41, 5.74) is 0.178. The first-order chi connectivity index (χ1) is 8.54. The van der Waals surface area contributed by atoms with E-state index < -0.39 is 12.1 Å². The molecule has 6 heteroatoms. The molecule has 0 fully saturated rings. The molecular weight excluding hydrogens is 238 g/mol. The van der Waals surface area contributed by atoms with Gasteiger partial charge in [-0.1, -0.05) is 0 Å². The molecule has 0 spiro atoms. The minimum absolute atomic E-state index is 0.000414. The summed E-state index contributed by atoms with van der Waals surface area (Å²) in [6, 6.07) is 5.55. The van der Waals surface area contributed by atoms with E-state index in [-0.39, 0.29) is 18.1 Å². The smallest absolute Gasteiger partial charge is 0.419 e. The van der Waals surface area contributed by atoms with Gasteiger partial charge in [-0.25, -0.2) is 14.2 Å². The van der Waals surface area contributed by atoms with Crippen molar-refractivity contribution < 1.29 is 24.5 Å². The van der Waals surface area contributed by atoms with Gasteiger partial charge >= 0.3 is 12.1 Å². The maximum Gasteiger partial charge on any atom is 0.419 e. The molecule has 0 bridgehead atoms. The van der Waals surface area contributed by atoms with Crippen LogP contribution in [0.2, 0.25) is 0 Å². The van der Waals surface area contributed by atoms with Crippen molar-refractivity contribution in [2.75, 3.05) is 6.61 Å². The highest BCUT2D eigenvalue weighted by Crippen LogP contribution is 2.24. The lowest BCUT2D eigenvalue weighted by atomic mass is 10.2. The van der Waals surface area contributed by atoms with Gasteiger partial charge in [-0.15, -0.1) is 0 Å². The van der Waals surface area contributed by atoms with Crippen LogP contribution in [0.5, 0.6) is 5.75 Å². The first-order valence-electron chi connectivity index (χ1n) is 5.29. The number of hydrogen-bond donors (Lipinski definition) is 2. The molecule has 1 aromatic heterocycles. The molecule has 94 valence electrons. The number of fused-ring (bicyclic) bond motifs is 1. The van der Waals surface area contributed by atoms with E-state index in [9.17, 15) is 14.7 Å². The number of phenolic OH excluding ortho intramolecular Hbond substituents is 1. The van der Waals surface area contributed by atoms with Crippen LogP contribution in [0.15, 0.2) is 24.3 Å². The molecule has 1 heterocycles. The Morgan fingerprint density at radius 3 is 2.67 bits per heavy atom. The topological polar surface area (TPSA) is 88.8 Å². The van der Waals surface area contributed by atoms with E-state index in [1.54, 1.807) is 6.92 Å². The molecule has 0 unspecified atom stereocenters. The second kappa shape index (κ2) is 4.40. The van der Waals surface area contributed by atoms with Crippen LogP contribution in [-0.2, 0) is 4.74 Å². The number of rotatable bonds is 2. The second-order valence-electron chi connectivity index (χ2n) is 3.61. The molecule has 0 atom stereocenters. The quantitative estimate of drug-likeness (QED) is 0.850. The highest BCUT2D eigenvalue weighted by molar-refractivity contribution is 6.01. The molecule has 2 N–H and O–H groups in total. The number of hydrogen-bond acceptors (Lipinski definition) is 4. The number of aromatic hydroxyl groups is 1. The lowest BCUT2D eigenvalue weighted by molar-refractivity contribution is 0.0682. The van der Waals surface area contributed by atoms with Crippen LogP contribution in [0.1, 0.15) is 17.4 Å². The second-order valence-corrected chi connectivity index (χ2v) is 3.61. The van der Waals surface area contributed by atoms with Crippen molar-refractivity contribution in [1.29, 1.82) is 0 Å². The van der Waals surface area contributed by atoms with E-state index in [0.717, 1.165) is 4.57 Å². The monoisotopic (exact) mass is 249 g/mol. The fourth-order valence-electron chi connectivity index (χ4n) is 1.74. The standard InChI is InChI=1S/C12H11NO5/c1-2-18-12(17)13-9-4-3-8(14)5-7(9)6-10(13)11(15)16/h3-6,14H,2H2,1H3,(H,15,16). The van der Waals surface area contributed by atoms with Crippen LogP contribution in [0, 0.1) is 0 Å². The van der Waals surface area contributed by atoms with Crippen LogP contribution in [0.3, 0.4) is 0 Å². The zero-order chi connectivity index (χ0) is 13.3. The molecular formula is C12H11NO5. The first-order valence-corrected chi connectivity index (χ1v) is 5.29. The normalized spacial score (nSPS) is 10.5. The van der Waals surface area contributed by atoms with Crippen LogP contribution in [-0.4, -0.2) is 33.4 Å². The Morgan fingerprint density at radius 1 is 1.33 bits per heavy atom. The number of carboxylic acids is 1. The Hall–Kier alpha value is -2.50. The van der Waals surface area contributed by atoms with Crippen molar-refractivity contribution in [2.24, 2.45) is 0 Å². The van der Waals surface area contributed by atoms with Crippen LogP contribution >= 0.6 is 0 Å². The molecule has 6 nitrogen and oxygen atoms in total. The SMILES string of the molecule is CCOC(=O)n1c(C(=O)O)cc2cc(O)ccc21. The number of phenols is 1. The van der Waals surface area contributed by atoms with Crippen LogP contribution in [0.4, 0.5) is 4.79 Å². The number of ether oxygens (including phenoxy) is 1. The average Bonchev–Trinajstić information content (AvgIpc) is 2.67. The van der Waals surface area contributed by atoms with Crippen molar-refractivity contribution in [3.05, 3.63) is 30.0 Å². The van der Waals surface area contributed by atoms with E-state index in [1.165, 1.54) is 24.3 Å². The third-order valence-electron chi connectivity index (χ3n) is 2.45. The molecule has 0 aliphatic rings. The van der Waals surface area contributed by atoms with Crippen LogP contribution < -0.4 is 0 Å². The van der Waals surface area contributed by atoms with Gasteiger partial charge in [0.1, 0.15) is 11.4 Å². The Labute approximate surface area is 102 Å². The number of carbonyl (C=O) groups is 2. The largest absolute Gasteiger partial charge is 0.508 e. The molecule has 0 saturated carbocycles. The van der Waals surface area contributed by atoms with Crippen molar-refractivity contribution in [1.82, 2.24) is 4.57 Å². The van der Waals surface area contributed by atoms with E-state index in [2.05, 4.69) is 0 Å². The van der Waals surface area contributed by atoms with Crippen molar-refractivity contribution in [2.45, 2.75) is 6.92 Å². The van der Waals surface area contributed by atoms with Gasteiger partial charge < -0.3 is 14.9 Å². The van der Waals surface area contributed by atoms with Gasteiger partial charge in [0, 0.05) is 5.39 Å². The van der Waals surface area contributed by atoms with Crippen LogP contribution in [0.25, 0.3) is 10.9 Å². The highest BCUT2D eigenvalue weighted by atomic mass is 16.5. The van der Waals surface area contributed by atoms with E-state index in [4.69, 9.17) is 9.84 Å². The summed E-state index contributed by atoms with van der Waals surface area (Å²) in [7, 11) is 0. The van der Waals surface area contributed by atoms with E-state index in [0.29, 0.717) is 10.9 Å². The molecule has 0 radical (unpaired) electrons. The first kappa shape index (κ1) is 12.0. The number of benzene rings is 1. The average molecular weight is 249 g/mol. The zero-order valence-corrected chi connectivity index (χ0v) is 9.58. The fourth-order valence-corrected chi connectivity index (χ4v) is 1.74. The maximum atomic E-state index is 11.7. The van der Waals surface area contributed by atoms with E-state index in [1.807, 2.05) is 0 Å². The zero-order valence-electron chi connectivity index (χ0n) is 9.58.